The number of fused-ring (bicyclic) bond motifs is 1. The minimum atomic E-state index is -1.42. The number of aromatic carboxylic acids is 1. The molecule has 5 rings (SSSR count). The van der Waals surface area contributed by atoms with Gasteiger partial charge in [0, 0.05) is 36.8 Å². The molecule has 2 aromatic carbocycles. The van der Waals surface area contributed by atoms with E-state index < -0.39 is 28.6 Å². The number of pyridine rings is 1. The van der Waals surface area contributed by atoms with Crippen molar-refractivity contribution in [3.05, 3.63) is 82.4 Å². The van der Waals surface area contributed by atoms with E-state index in [9.17, 15) is 19.1 Å². The number of nitrogens with zero attached hydrogens (tertiary/aromatic N) is 3. The second-order valence-electron chi connectivity index (χ2n) is 7.95. The van der Waals surface area contributed by atoms with Crippen LogP contribution in [-0.4, -0.2) is 40.7 Å². The zero-order valence-electron chi connectivity index (χ0n) is 17.4. The third-order valence-corrected chi connectivity index (χ3v) is 5.83. The van der Waals surface area contributed by atoms with Crippen LogP contribution in [-0.2, 0) is 4.74 Å². The summed E-state index contributed by atoms with van der Waals surface area (Å²) in [5, 5.41) is 9.41. The summed E-state index contributed by atoms with van der Waals surface area (Å²) in [6, 6.07) is 7.94. The number of rotatable bonds is 4. The monoisotopic (exact) mass is 451 g/mol. The molecule has 1 fully saturated rings. The Morgan fingerprint density at radius 2 is 1.97 bits per heavy atom. The minimum absolute atomic E-state index is 0.0522. The Bertz CT molecular complexity index is 1370. The quantitative estimate of drug-likeness (QED) is 0.651. The molecule has 0 spiro atoms. The lowest BCUT2D eigenvalue weighted by Crippen LogP contribution is -2.23. The molecule has 9 heteroatoms. The largest absolute Gasteiger partial charge is 0.477 e. The van der Waals surface area contributed by atoms with Gasteiger partial charge in [0.2, 0.25) is 5.43 Å². The highest BCUT2D eigenvalue weighted by atomic mass is 19.1. The maximum absolute atomic E-state index is 15.1. The van der Waals surface area contributed by atoms with Crippen molar-refractivity contribution in [2.75, 3.05) is 18.0 Å². The van der Waals surface area contributed by atoms with E-state index in [1.165, 1.54) is 41.1 Å². The number of hydrogen-bond acceptors (Lipinski definition) is 5. The summed E-state index contributed by atoms with van der Waals surface area (Å²) >= 11 is 0. The first-order chi connectivity index (χ1) is 15.9. The van der Waals surface area contributed by atoms with E-state index in [1.807, 2.05) is 11.0 Å². The number of carbonyl (C=O) groups is 1. The van der Waals surface area contributed by atoms with Crippen molar-refractivity contribution in [1.82, 2.24) is 4.57 Å². The number of aromatic nitrogens is 1. The van der Waals surface area contributed by atoms with Gasteiger partial charge in [0.15, 0.2) is 5.90 Å². The van der Waals surface area contributed by atoms with Crippen molar-refractivity contribution in [1.29, 1.82) is 0 Å². The fourth-order valence-corrected chi connectivity index (χ4v) is 4.22. The maximum Gasteiger partial charge on any atom is 0.341 e. The molecule has 0 radical (unpaired) electrons. The van der Waals surface area contributed by atoms with E-state index in [2.05, 4.69) is 4.99 Å². The van der Waals surface area contributed by atoms with Crippen molar-refractivity contribution in [3.63, 3.8) is 0 Å². The number of aliphatic imine (C=N–C) groups is 1. The van der Waals surface area contributed by atoms with E-state index >= 15 is 4.39 Å². The van der Waals surface area contributed by atoms with Gasteiger partial charge >= 0.3 is 5.97 Å². The van der Waals surface area contributed by atoms with Crippen LogP contribution in [0.5, 0.6) is 0 Å². The number of benzene rings is 2. The number of carboxylic acid groups (broad SMARTS) is 1. The highest BCUT2D eigenvalue weighted by Gasteiger charge is 2.27. The summed E-state index contributed by atoms with van der Waals surface area (Å²) in [5.74, 6) is -1.88. The van der Waals surface area contributed by atoms with Crippen molar-refractivity contribution < 1.29 is 23.4 Å². The summed E-state index contributed by atoms with van der Waals surface area (Å²) in [6.45, 7) is 1.04. The Hall–Kier alpha value is -4.01. The number of ether oxygens (including phenoxy) is 1. The van der Waals surface area contributed by atoms with E-state index in [0.717, 1.165) is 6.07 Å². The molecule has 7 nitrogen and oxygen atoms in total. The molecule has 168 valence electrons. The summed E-state index contributed by atoms with van der Waals surface area (Å²) < 4.78 is 35.4. The zero-order chi connectivity index (χ0) is 23.1. The van der Waals surface area contributed by atoms with Gasteiger partial charge in [0.05, 0.1) is 23.5 Å². The molecule has 33 heavy (non-hydrogen) atoms. The predicted molar refractivity (Wildman–Crippen MR) is 119 cm³/mol. The van der Waals surface area contributed by atoms with Gasteiger partial charge in [0.25, 0.3) is 0 Å². The number of hydrogen-bond donors (Lipinski definition) is 1. The third kappa shape index (κ3) is 3.86. The highest BCUT2D eigenvalue weighted by Crippen LogP contribution is 2.30. The van der Waals surface area contributed by atoms with E-state index in [0.29, 0.717) is 43.0 Å². The zero-order valence-corrected chi connectivity index (χ0v) is 17.4. The van der Waals surface area contributed by atoms with Crippen molar-refractivity contribution in [2.24, 2.45) is 4.99 Å². The van der Waals surface area contributed by atoms with Gasteiger partial charge in [-0.05, 0) is 48.9 Å². The molecule has 3 heterocycles. The van der Waals surface area contributed by atoms with Gasteiger partial charge in [0.1, 0.15) is 17.2 Å². The predicted octanol–water partition coefficient (Wildman–Crippen LogP) is 3.88. The Labute approximate surface area is 186 Å². The van der Waals surface area contributed by atoms with E-state index in [-0.39, 0.29) is 17.1 Å². The number of carboxylic acids is 1. The standard InChI is InChI=1S/C24H19F2N3O4/c25-14-3-5-16(6-4-14)29-13-18(24(31)32)23(30)17-10-19(26)21(11-20(17)29)28-8-7-15(12-28)27-22-2-1-9-33-22/h1,3-6,9-11,13,15H,2,7-8,12H2,(H,31,32). The van der Waals surface area contributed by atoms with Gasteiger partial charge < -0.3 is 19.3 Å². The lowest BCUT2D eigenvalue weighted by atomic mass is 10.1. The van der Waals surface area contributed by atoms with Crippen LogP contribution in [0.4, 0.5) is 14.5 Å². The molecule has 0 aliphatic carbocycles. The molecule has 1 N–H and O–H groups in total. The molecule has 1 atom stereocenters. The van der Waals surface area contributed by atoms with Crippen molar-refractivity contribution in [2.45, 2.75) is 18.9 Å². The summed E-state index contributed by atoms with van der Waals surface area (Å²) in [7, 11) is 0. The van der Waals surface area contributed by atoms with Gasteiger partial charge in [-0.25, -0.2) is 18.6 Å². The van der Waals surface area contributed by atoms with Crippen LogP contribution in [0.1, 0.15) is 23.2 Å². The molecule has 0 saturated carbocycles. The van der Waals surface area contributed by atoms with Crippen molar-refractivity contribution in [3.8, 4) is 5.69 Å². The average Bonchev–Trinajstić information content (AvgIpc) is 3.47. The molecular formula is C24H19F2N3O4. The molecule has 1 saturated heterocycles. The smallest absolute Gasteiger partial charge is 0.341 e. The third-order valence-electron chi connectivity index (χ3n) is 5.83. The Balaban J connectivity index is 1.61. The molecular weight excluding hydrogens is 432 g/mol. The van der Waals surface area contributed by atoms with Crippen LogP contribution in [0.3, 0.4) is 0 Å². The van der Waals surface area contributed by atoms with Crippen LogP contribution >= 0.6 is 0 Å². The highest BCUT2D eigenvalue weighted by molar-refractivity contribution is 5.94. The maximum atomic E-state index is 15.1. The van der Waals surface area contributed by atoms with E-state index in [1.54, 1.807) is 6.26 Å². The first-order valence-corrected chi connectivity index (χ1v) is 10.4. The molecule has 0 amide bonds. The first kappa shape index (κ1) is 20.9. The van der Waals surface area contributed by atoms with Crippen LogP contribution in [0.2, 0.25) is 0 Å². The normalized spacial score (nSPS) is 18.9. The lowest BCUT2D eigenvalue weighted by molar-refractivity contribution is 0.0695. The van der Waals surface area contributed by atoms with Crippen LogP contribution in [0.15, 0.2) is 64.7 Å². The Kier molecular flexibility index (Phi) is 5.16. The summed E-state index contributed by atoms with van der Waals surface area (Å²) in [5.41, 5.74) is -0.225. The summed E-state index contributed by atoms with van der Waals surface area (Å²) in [6.07, 6.45) is 6.00. The fraction of sp³-hybridized carbons (Fsp3) is 0.208. The second-order valence-corrected chi connectivity index (χ2v) is 7.95. The Morgan fingerprint density at radius 3 is 2.67 bits per heavy atom. The average molecular weight is 451 g/mol. The van der Waals surface area contributed by atoms with Crippen molar-refractivity contribution >= 4 is 28.5 Å². The second kappa shape index (κ2) is 8.16. The molecule has 2 aliphatic rings. The van der Waals surface area contributed by atoms with Crippen LogP contribution in [0, 0.1) is 11.6 Å². The van der Waals surface area contributed by atoms with Gasteiger partial charge in [-0.3, -0.25) is 4.79 Å². The Morgan fingerprint density at radius 1 is 1.18 bits per heavy atom. The molecule has 0 bridgehead atoms. The van der Waals surface area contributed by atoms with E-state index in [4.69, 9.17) is 4.74 Å². The van der Waals surface area contributed by atoms with Gasteiger partial charge in [-0.1, -0.05) is 0 Å². The minimum Gasteiger partial charge on any atom is -0.477 e. The van der Waals surface area contributed by atoms with Gasteiger partial charge in [-0.15, -0.1) is 0 Å². The number of anilines is 1. The van der Waals surface area contributed by atoms with Crippen LogP contribution in [0.25, 0.3) is 16.6 Å². The first-order valence-electron chi connectivity index (χ1n) is 10.4. The fourth-order valence-electron chi connectivity index (χ4n) is 4.22. The molecule has 2 aliphatic heterocycles. The van der Waals surface area contributed by atoms with Gasteiger partial charge in [-0.2, -0.15) is 0 Å². The lowest BCUT2D eigenvalue weighted by Gasteiger charge is -2.21. The molecule has 1 unspecified atom stereocenters. The number of halogens is 2. The van der Waals surface area contributed by atoms with Crippen LogP contribution < -0.4 is 10.3 Å². The SMILES string of the molecule is O=C(O)c1cn(-c2ccc(F)cc2)c2cc(N3CCC(N=C4CC=CO4)C3)c(F)cc2c1=O. The molecule has 3 aromatic rings. The topological polar surface area (TPSA) is 84.1 Å². The molecule has 1 aromatic heterocycles. The summed E-state index contributed by atoms with van der Waals surface area (Å²) in [4.78, 5) is 30.8.